The van der Waals surface area contributed by atoms with Gasteiger partial charge in [0, 0.05) is 12.1 Å². The third-order valence-corrected chi connectivity index (χ3v) is 2.99. The highest BCUT2D eigenvalue weighted by molar-refractivity contribution is 5.50. The first kappa shape index (κ1) is 14.8. The van der Waals surface area contributed by atoms with Crippen molar-refractivity contribution in [1.29, 1.82) is 0 Å². The summed E-state index contributed by atoms with van der Waals surface area (Å²) in [5, 5.41) is 10.7. The fourth-order valence-corrected chi connectivity index (χ4v) is 1.82. The predicted octanol–water partition coefficient (Wildman–Crippen LogP) is 3.42. The Bertz CT molecular complexity index is 639. The Kier molecular flexibility index (Phi) is 4.39. The van der Waals surface area contributed by atoms with Crippen molar-refractivity contribution in [3.05, 3.63) is 58.1 Å². The van der Waals surface area contributed by atoms with Crippen LogP contribution in [0.1, 0.15) is 18.5 Å². The lowest BCUT2D eigenvalue weighted by Gasteiger charge is -2.11. The van der Waals surface area contributed by atoms with Crippen LogP contribution in [0.2, 0.25) is 0 Å². The van der Waals surface area contributed by atoms with Gasteiger partial charge in [0.1, 0.15) is 5.75 Å². The molecule has 2 aromatic rings. The van der Waals surface area contributed by atoms with Crippen LogP contribution in [0.25, 0.3) is 0 Å². The molecule has 0 fully saturated rings. The molecule has 110 valence electrons. The Morgan fingerprint density at radius 2 is 1.81 bits per heavy atom. The van der Waals surface area contributed by atoms with Gasteiger partial charge in [-0.3, -0.25) is 10.1 Å². The quantitative estimate of drug-likeness (QED) is 0.672. The molecule has 0 aliphatic carbocycles. The van der Waals surface area contributed by atoms with Gasteiger partial charge in [-0.15, -0.1) is 0 Å². The van der Waals surface area contributed by atoms with E-state index in [2.05, 4.69) is 0 Å². The SMILES string of the molecule is COc1cc([N+](=O)[O-])ccc1Oc1ccc([C@@H](C)N)cc1. The lowest BCUT2D eigenvalue weighted by molar-refractivity contribution is -0.384. The minimum atomic E-state index is -0.482. The summed E-state index contributed by atoms with van der Waals surface area (Å²) in [6.45, 7) is 1.90. The number of methoxy groups -OCH3 is 1. The maximum atomic E-state index is 10.7. The lowest BCUT2D eigenvalue weighted by Crippen LogP contribution is -2.04. The normalized spacial score (nSPS) is 11.8. The number of ether oxygens (including phenoxy) is 2. The van der Waals surface area contributed by atoms with Gasteiger partial charge in [-0.2, -0.15) is 0 Å². The summed E-state index contributed by atoms with van der Waals surface area (Å²) in [6.07, 6.45) is 0. The van der Waals surface area contributed by atoms with Crippen LogP contribution in [0.3, 0.4) is 0 Å². The summed E-state index contributed by atoms with van der Waals surface area (Å²) in [5.74, 6) is 1.32. The van der Waals surface area contributed by atoms with Crippen LogP contribution in [-0.4, -0.2) is 12.0 Å². The summed E-state index contributed by atoms with van der Waals surface area (Å²) >= 11 is 0. The summed E-state index contributed by atoms with van der Waals surface area (Å²) in [4.78, 5) is 10.3. The number of hydrogen-bond donors (Lipinski definition) is 1. The van der Waals surface area contributed by atoms with Gasteiger partial charge in [0.05, 0.1) is 18.1 Å². The van der Waals surface area contributed by atoms with Crippen LogP contribution >= 0.6 is 0 Å². The molecule has 0 aliphatic heterocycles. The van der Waals surface area contributed by atoms with Gasteiger partial charge in [-0.1, -0.05) is 12.1 Å². The summed E-state index contributed by atoms with van der Waals surface area (Å²) in [6, 6.07) is 11.5. The molecule has 6 nitrogen and oxygen atoms in total. The minimum Gasteiger partial charge on any atom is -0.493 e. The van der Waals surface area contributed by atoms with Crippen LogP contribution in [0, 0.1) is 10.1 Å². The molecule has 0 amide bonds. The van der Waals surface area contributed by atoms with Crippen LogP contribution in [0.15, 0.2) is 42.5 Å². The molecular formula is C15H16N2O4. The third-order valence-electron chi connectivity index (χ3n) is 2.99. The van der Waals surface area contributed by atoms with Gasteiger partial charge < -0.3 is 15.2 Å². The molecule has 0 aromatic heterocycles. The molecule has 1 atom stereocenters. The van der Waals surface area contributed by atoms with E-state index in [9.17, 15) is 10.1 Å². The Balaban J connectivity index is 2.24. The van der Waals surface area contributed by atoms with Crippen molar-refractivity contribution in [2.75, 3.05) is 7.11 Å². The second kappa shape index (κ2) is 6.23. The second-order valence-electron chi connectivity index (χ2n) is 4.55. The van der Waals surface area contributed by atoms with Gasteiger partial charge in [0.15, 0.2) is 11.5 Å². The van der Waals surface area contributed by atoms with Crippen molar-refractivity contribution >= 4 is 5.69 Å². The average molecular weight is 288 g/mol. The molecule has 0 radical (unpaired) electrons. The molecule has 2 rings (SSSR count). The summed E-state index contributed by atoms with van der Waals surface area (Å²) in [7, 11) is 1.44. The number of benzene rings is 2. The van der Waals surface area contributed by atoms with Crippen molar-refractivity contribution in [3.8, 4) is 17.2 Å². The first-order valence-electron chi connectivity index (χ1n) is 6.37. The standard InChI is InChI=1S/C15H16N2O4/c1-10(16)11-3-6-13(7-4-11)21-14-8-5-12(17(18)19)9-15(14)20-2/h3-10H,16H2,1-2H3/t10-/m1/s1. The first-order chi connectivity index (χ1) is 10.0. The number of nitrogens with zero attached hydrogens (tertiary/aromatic N) is 1. The van der Waals surface area contributed by atoms with Gasteiger partial charge in [-0.25, -0.2) is 0 Å². The third kappa shape index (κ3) is 3.49. The van der Waals surface area contributed by atoms with Crippen molar-refractivity contribution in [3.63, 3.8) is 0 Å². The highest BCUT2D eigenvalue weighted by Gasteiger charge is 2.13. The maximum Gasteiger partial charge on any atom is 0.273 e. The topological polar surface area (TPSA) is 87.6 Å². The number of non-ortho nitro benzene ring substituents is 1. The van der Waals surface area contributed by atoms with Crippen LogP contribution in [-0.2, 0) is 0 Å². The summed E-state index contributed by atoms with van der Waals surface area (Å²) < 4.78 is 10.8. The fraction of sp³-hybridized carbons (Fsp3) is 0.200. The van der Waals surface area contributed by atoms with E-state index in [0.717, 1.165) is 5.56 Å². The monoisotopic (exact) mass is 288 g/mol. The molecule has 0 heterocycles. The van der Waals surface area contributed by atoms with E-state index >= 15 is 0 Å². The molecule has 2 N–H and O–H groups in total. The number of hydrogen-bond acceptors (Lipinski definition) is 5. The van der Waals surface area contributed by atoms with Crippen LogP contribution in [0.4, 0.5) is 5.69 Å². The largest absolute Gasteiger partial charge is 0.493 e. The molecule has 0 aliphatic rings. The van der Waals surface area contributed by atoms with Gasteiger partial charge in [0.25, 0.3) is 5.69 Å². The first-order valence-corrected chi connectivity index (χ1v) is 6.37. The molecule has 6 heteroatoms. The van der Waals surface area contributed by atoms with E-state index in [0.29, 0.717) is 17.2 Å². The van der Waals surface area contributed by atoms with E-state index in [1.807, 2.05) is 19.1 Å². The zero-order chi connectivity index (χ0) is 15.4. The second-order valence-corrected chi connectivity index (χ2v) is 4.55. The van der Waals surface area contributed by atoms with Crippen LogP contribution < -0.4 is 15.2 Å². The zero-order valence-corrected chi connectivity index (χ0v) is 11.8. The Morgan fingerprint density at radius 1 is 1.14 bits per heavy atom. The molecule has 0 saturated carbocycles. The Morgan fingerprint density at radius 3 is 2.33 bits per heavy atom. The molecule has 0 bridgehead atoms. The van der Waals surface area contributed by atoms with Crippen molar-refractivity contribution in [2.24, 2.45) is 5.73 Å². The lowest BCUT2D eigenvalue weighted by atomic mass is 10.1. The van der Waals surface area contributed by atoms with Crippen molar-refractivity contribution < 1.29 is 14.4 Å². The van der Waals surface area contributed by atoms with Gasteiger partial charge >= 0.3 is 0 Å². The minimum absolute atomic E-state index is 0.0482. The van der Waals surface area contributed by atoms with Crippen LogP contribution in [0.5, 0.6) is 17.2 Å². The zero-order valence-electron chi connectivity index (χ0n) is 11.8. The molecule has 21 heavy (non-hydrogen) atoms. The van der Waals surface area contributed by atoms with E-state index in [4.69, 9.17) is 15.2 Å². The number of rotatable bonds is 5. The maximum absolute atomic E-state index is 10.7. The highest BCUT2D eigenvalue weighted by Crippen LogP contribution is 2.34. The Hall–Kier alpha value is -2.60. The van der Waals surface area contributed by atoms with Crippen molar-refractivity contribution in [2.45, 2.75) is 13.0 Å². The predicted molar refractivity (Wildman–Crippen MR) is 78.8 cm³/mol. The number of nitro benzene ring substituents is 1. The molecule has 0 spiro atoms. The molecule has 0 saturated heterocycles. The fourth-order valence-electron chi connectivity index (χ4n) is 1.82. The smallest absolute Gasteiger partial charge is 0.273 e. The average Bonchev–Trinajstić information content (AvgIpc) is 2.48. The van der Waals surface area contributed by atoms with E-state index in [1.54, 1.807) is 12.1 Å². The molecule has 0 unspecified atom stereocenters. The van der Waals surface area contributed by atoms with E-state index in [-0.39, 0.29) is 11.7 Å². The summed E-state index contributed by atoms with van der Waals surface area (Å²) in [5.41, 5.74) is 6.73. The van der Waals surface area contributed by atoms with Gasteiger partial charge in [-0.05, 0) is 30.7 Å². The van der Waals surface area contributed by atoms with E-state index < -0.39 is 4.92 Å². The number of nitro groups is 1. The van der Waals surface area contributed by atoms with Gasteiger partial charge in [0.2, 0.25) is 0 Å². The molecule has 2 aromatic carbocycles. The molecular weight excluding hydrogens is 272 g/mol. The highest BCUT2D eigenvalue weighted by atomic mass is 16.6. The van der Waals surface area contributed by atoms with Crippen molar-refractivity contribution in [1.82, 2.24) is 0 Å². The van der Waals surface area contributed by atoms with E-state index in [1.165, 1.54) is 25.3 Å². The Labute approximate surface area is 122 Å². The number of nitrogens with two attached hydrogens (primary N) is 1.